The Balaban J connectivity index is 3.25. The fourth-order valence-corrected chi connectivity index (χ4v) is 1.92. The van der Waals surface area contributed by atoms with E-state index in [0.717, 1.165) is 6.20 Å². The van der Waals surface area contributed by atoms with Crippen LogP contribution in [0.15, 0.2) is 23.4 Å². The van der Waals surface area contributed by atoms with Gasteiger partial charge in [0.1, 0.15) is 4.90 Å². The standard InChI is InChI=1S/C8H8ClNO4S/c1-2-14-8(11)6-3-4-10-5-7(6)15(9,12)13/h3-5H,2H2,1H3. The van der Waals surface area contributed by atoms with E-state index >= 15 is 0 Å². The molecular weight excluding hydrogens is 242 g/mol. The molecule has 0 spiro atoms. The molecule has 0 fully saturated rings. The molecular formula is C8H8ClNO4S. The fourth-order valence-electron chi connectivity index (χ4n) is 0.952. The first kappa shape index (κ1) is 11.9. The molecule has 0 amide bonds. The molecule has 0 N–H and O–H groups in total. The van der Waals surface area contributed by atoms with Crippen molar-refractivity contribution in [3.63, 3.8) is 0 Å². The zero-order chi connectivity index (χ0) is 11.5. The van der Waals surface area contributed by atoms with Gasteiger partial charge >= 0.3 is 5.97 Å². The van der Waals surface area contributed by atoms with E-state index < -0.39 is 15.0 Å². The van der Waals surface area contributed by atoms with Crippen LogP contribution >= 0.6 is 10.7 Å². The molecule has 82 valence electrons. The van der Waals surface area contributed by atoms with Crippen LogP contribution in [-0.4, -0.2) is 26.0 Å². The molecule has 0 saturated heterocycles. The van der Waals surface area contributed by atoms with Gasteiger partial charge in [-0.15, -0.1) is 0 Å². The SMILES string of the molecule is CCOC(=O)c1ccncc1S(=O)(=O)Cl. The third-order valence-electron chi connectivity index (χ3n) is 1.54. The summed E-state index contributed by atoms with van der Waals surface area (Å²) in [5.41, 5.74) is -0.109. The first-order chi connectivity index (χ1) is 6.96. The third kappa shape index (κ3) is 2.90. The second kappa shape index (κ2) is 4.59. The maximum absolute atomic E-state index is 11.3. The minimum Gasteiger partial charge on any atom is -0.462 e. The Hall–Kier alpha value is -1.14. The number of carbonyl (C=O) groups excluding carboxylic acids is 1. The van der Waals surface area contributed by atoms with Crippen molar-refractivity contribution in [3.05, 3.63) is 24.0 Å². The van der Waals surface area contributed by atoms with Crippen LogP contribution in [0.25, 0.3) is 0 Å². The predicted molar refractivity (Wildman–Crippen MR) is 53.2 cm³/mol. The lowest BCUT2D eigenvalue weighted by Gasteiger charge is -2.04. The van der Waals surface area contributed by atoms with E-state index in [0.29, 0.717) is 0 Å². The number of aromatic nitrogens is 1. The number of halogens is 1. The third-order valence-corrected chi connectivity index (χ3v) is 2.89. The minimum atomic E-state index is -3.99. The summed E-state index contributed by atoms with van der Waals surface area (Å²) >= 11 is 0. The van der Waals surface area contributed by atoms with Crippen LogP contribution in [-0.2, 0) is 13.8 Å². The maximum Gasteiger partial charge on any atom is 0.339 e. The molecule has 0 aromatic carbocycles. The first-order valence-electron chi connectivity index (χ1n) is 4.02. The number of hydrogen-bond donors (Lipinski definition) is 0. The van der Waals surface area contributed by atoms with E-state index in [1.807, 2.05) is 0 Å². The van der Waals surface area contributed by atoms with Crippen LogP contribution in [0.2, 0.25) is 0 Å². The molecule has 0 unspecified atom stereocenters. The monoisotopic (exact) mass is 249 g/mol. The average Bonchev–Trinajstić information content (AvgIpc) is 2.17. The Morgan fingerprint density at radius 2 is 2.27 bits per heavy atom. The van der Waals surface area contributed by atoms with Gasteiger partial charge in [0.2, 0.25) is 0 Å². The van der Waals surface area contributed by atoms with Gasteiger partial charge in [0, 0.05) is 23.1 Å². The highest BCUT2D eigenvalue weighted by Crippen LogP contribution is 2.19. The van der Waals surface area contributed by atoms with Crippen LogP contribution < -0.4 is 0 Å². The Morgan fingerprint density at radius 3 is 2.80 bits per heavy atom. The summed E-state index contributed by atoms with van der Waals surface area (Å²) < 4.78 is 26.8. The van der Waals surface area contributed by atoms with Crippen LogP contribution in [0.3, 0.4) is 0 Å². The molecule has 0 atom stereocenters. The molecule has 1 rings (SSSR count). The summed E-state index contributed by atoms with van der Waals surface area (Å²) in [7, 11) is 1.14. The lowest BCUT2D eigenvalue weighted by molar-refractivity contribution is 0.0521. The molecule has 1 aromatic rings. The molecule has 1 heterocycles. The van der Waals surface area contributed by atoms with Crippen molar-refractivity contribution in [2.24, 2.45) is 0 Å². The van der Waals surface area contributed by atoms with Crippen LogP contribution in [0, 0.1) is 0 Å². The van der Waals surface area contributed by atoms with E-state index in [9.17, 15) is 13.2 Å². The van der Waals surface area contributed by atoms with Crippen molar-refractivity contribution in [2.45, 2.75) is 11.8 Å². The second-order valence-corrected chi connectivity index (χ2v) is 5.06. The number of hydrogen-bond acceptors (Lipinski definition) is 5. The van der Waals surface area contributed by atoms with Gasteiger partial charge in [-0.25, -0.2) is 13.2 Å². The van der Waals surface area contributed by atoms with Crippen molar-refractivity contribution >= 4 is 25.7 Å². The summed E-state index contributed by atoms with van der Waals surface area (Å²) in [6.45, 7) is 1.77. The molecule has 0 aliphatic heterocycles. The molecule has 5 nitrogen and oxygen atoms in total. The number of ether oxygens (including phenoxy) is 1. The van der Waals surface area contributed by atoms with Crippen LogP contribution in [0.4, 0.5) is 0 Å². The largest absolute Gasteiger partial charge is 0.462 e. The van der Waals surface area contributed by atoms with E-state index in [-0.39, 0.29) is 17.1 Å². The molecule has 0 aliphatic carbocycles. The van der Waals surface area contributed by atoms with Gasteiger partial charge < -0.3 is 4.74 Å². The summed E-state index contributed by atoms with van der Waals surface area (Å²) in [5.74, 6) is -0.737. The lowest BCUT2D eigenvalue weighted by atomic mass is 10.3. The maximum atomic E-state index is 11.3. The van der Waals surface area contributed by atoms with Gasteiger partial charge in [0.25, 0.3) is 9.05 Å². The molecule has 0 bridgehead atoms. The summed E-state index contributed by atoms with van der Waals surface area (Å²) in [4.78, 5) is 14.6. The quantitative estimate of drug-likeness (QED) is 0.594. The number of rotatable bonds is 3. The van der Waals surface area contributed by atoms with Gasteiger partial charge in [-0.2, -0.15) is 0 Å². The van der Waals surface area contributed by atoms with E-state index in [4.69, 9.17) is 10.7 Å². The Morgan fingerprint density at radius 1 is 1.60 bits per heavy atom. The molecule has 15 heavy (non-hydrogen) atoms. The molecule has 1 aromatic heterocycles. The van der Waals surface area contributed by atoms with Crippen molar-refractivity contribution in [2.75, 3.05) is 6.61 Å². The van der Waals surface area contributed by atoms with Gasteiger partial charge in [-0.1, -0.05) is 0 Å². The number of nitrogens with zero attached hydrogens (tertiary/aromatic N) is 1. The summed E-state index contributed by atoms with van der Waals surface area (Å²) in [6.07, 6.45) is 2.30. The highest BCUT2D eigenvalue weighted by Gasteiger charge is 2.21. The van der Waals surface area contributed by atoms with Crippen molar-refractivity contribution in [1.29, 1.82) is 0 Å². The van der Waals surface area contributed by atoms with Crippen LogP contribution in [0.1, 0.15) is 17.3 Å². The molecule has 0 saturated carbocycles. The zero-order valence-corrected chi connectivity index (χ0v) is 9.38. The van der Waals surface area contributed by atoms with Gasteiger partial charge in [0.15, 0.2) is 0 Å². The summed E-state index contributed by atoms with van der Waals surface area (Å²) in [6, 6.07) is 1.24. The number of pyridine rings is 1. The van der Waals surface area contributed by atoms with E-state index in [1.54, 1.807) is 6.92 Å². The molecule has 0 aliphatic rings. The Bertz CT molecular complexity index is 471. The highest BCUT2D eigenvalue weighted by molar-refractivity contribution is 8.13. The lowest BCUT2D eigenvalue weighted by Crippen LogP contribution is -2.09. The van der Waals surface area contributed by atoms with E-state index in [2.05, 4.69) is 9.72 Å². The van der Waals surface area contributed by atoms with Crippen molar-refractivity contribution in [1.82, 2.24) is 4.98 Å². The van der Waals surface area contributed by atoms with Gasteiger partial charge in [-0.05, 0) is 13.0 Å². The molecule has 0 radical (unpaired) electrons. The number of esters is 1. The van der Waals surface area contributed by atoms with Crippen LogP contribution in [0.5, 0.6) is 0 Å². The Labute approximate surface area is 91.5 Å². The Kier molecular flexibility index (Phi) is 3.65. The van der Waals surface area contributed by atoms with Crippen molar-refractivity contribution in [3.8, 4) is 0 Å². The van der Waals surface area contributed by atoms with Gasteiger partial charge in [0.05, 0.1) is 12.2 Å². The normalized spacial score (nSPS) is 11.1. The second-order valence-electron chi connectivity index (χ2n) is 2.53. The fraction of sp³-hybridized carbons (Fsp3) is 0.250. The topological polar surface area (TPSA) is 73.3 Å². The molecule has 7 heteroatoms. The predicted octanol–water partition coefficient (Wildman–Crippen LogP) is 1.19. The highest BCUT2D eigenvalue weighted by atomic mass is 35.7. The summed E-state index contributed by atoms with van der Waals surface area (Å²) in [5, 5.41) is 0. The average molecular weight is 250 g/mol. The van der Waals surface area contributed by atoms with E-state index in [1.165, 1.54) is 12.3 Å². The van der Waals surface area contributed by atoms with Gasteiger partial charge in [-0.3, -0.25) is 4.98 Å². The minimum absolute atomic E-state index is 0.109. The van der Waals surface area contributed by atoms with Crippen molar-refractivity contribution < 1.29 is 17.9 Å². The first-order valence-corrected chi connectivity index (χ1v) is 6.33. The smallest absolute Gasteiger partial charge is 0.339 e. The number of carbonyl (C=O) groups is 1. The zero-order valence-electron chi connectivity index (χ0n) is 7.81.